The molecule has 0 unspecified atom stereocenters. The van der Waals surface area contributed by atoms with Crippen LogP contribution in [0.15, 0.2) is 60.7 Å². The van der Waals surface area contributed by atoms with E-state index in [0.717, 1.165) is 24.2 Å². The molecule has 0 atom stereocenters. The van der Waals surface area contributed by atoms with Crippen LogP contribution in [0.4, 0.5) is 5.69 Å². The lowest BCUT2D eigenvalue weighted by Gasteiger charge is -2.09. The van der Waals surface area contributed by atoms with Crippen LogP contribution >= 0.6 is 0 Å². The zero-order valence-electron chi connectivity index (χ0n) is 16.0. The summed E-state index contributed by atoms with van der Waals surface area (Å²) in [7, 11) is 1.57. The van der Waals surface area contributed by atoms with Crippen LogP contribution in [0.3, 0.4) is 0 Å². The first-order valence-corrected chi connectivity index (χ1v) is 9.40. The minimum atomic E-state index is -0.585. The van der Waals surface area contributed by atoms with E-state index in [2.05, 4.69) is 10.4 Å². The number of benzene rings is 2. The molecule has 1 fully saturated rings. The Kier molecular flexibility index (Phi) is 5.29. The number of ether oxygens (including phenoxy) is 2. The van der Waals surface area contributed by atoms with Crippen molar-refractivity contribution in [1.29, 1.82) is 0 Å². The van der Waals surface area contributed by atoms with E-state index in [1.165, 1.54) is 0 Å². The van der Waals surface area contributed by atoms with Crippen LogP contribution in [-0.2, 0) is 9.53 Å². The highest BCUT2D eigenvalue weighted by Gasteiger charge is 2.29. The van der Waals surface area contributed by atoms with Crippen LogP contribution in [-0.4, -0.2) is 35.4 Å². The number of anilines is 1. The Labute approximate surface area is 168 Å². The lowest BCUT2D eigenvalue weighted by molar-refractivity contribution is -0.119. The van der Waals surface area contributed by atoms with Crippen molar-refractivity contribution < 1.29 is 19.1 Å². The number of nitrogens with zero attached hydrogens (tertiary/aromatic N) is 2. The van der Waals surface area contributed by atoms with Crippen LogP contribution < -0.4 is 10.1 Å². The molecule has 0 saturated heterocycles. The van der Waals surface area contributed by atoms with Crippen LogP contribution in [0.2, 0.25) is 0 Å². The van der Waals surface area contributed by atoms with E-state index in [0.29, 0.717) is 23.0 Å². The second-order valence-corrected chi connectivity index (χ2v) is 6.83. The van der Waals surface area contributed by atoms with Gasteiger partial charge in [-0.2, -0.15) is 5.10 Å². The summed E-state index contributed by atoms with van der Waals surface area (Å²) >= 11 is 0. The second kappa shape index (κ2) is 8.18. The number of methoxy groups -OCH3 is 1. The molecule has 29 heavy (non-hydrogen) atoms. The summed E-state index contributed by atoms with van der Waals surface area (Å²) in [4.78, 5) is 24.8. The van der Waals surface area contributed by atoms with Crippen molar-refractivity contribution >= 4 is 17.6 Å². The Bertz CT molecular complexity index is 1010. The van der Waals surface area contributed by atoms with Crippen LogP contribution in [0.25, 0.3) is 5.69 Å². The third-order valence-electron chi connectivity index (χ3n) is 4.64. The van der Waals surface area contributed by atoms with Gasteiger partial charge in [0.25, 0.3) is 5.91 Å². The van der Waals surface area contributed by atoms with Gasteiger partial charge in [-0.15, -0.1) is 0 Å². The molecule has 1 amide bonds. The van der Waals surface area contributed by atoms with E-state index < -0.39 is 11.9 Å². The van der Waals surface area contributed by atoms with Gasteiger partial charge in [0.2, 0.25) is 0 Å². The highest BCUT2D eigenvalue weighted by atomic mass is 16.5. The molecule has 1 saturated carbocycles. The smallest absolute Gasteiger partial charge is 0.357 e. The molecule has 3 aromatic rings. The minimum Gasteiger partial charge on any atom is -0.497 e. The van der Waals surface area contributed by atoms with Gasteiger partial charge in [0.05, 0.1) is 18.5 Å². The number of rotatable bonds is 7. The molecular formula is C22H21N3O4. The Hall–Kier alpha value is -3.61. The van der Waals surface area contributed by atoms with E-state index in [1.807, 2.05) is 30.3 Å². The fraction of sp³-hybridized carbons (Fsp3) is 0.227. The number of carbonyl (C=O) groups excluding carboxylic acids is 2. The first kappa shape index (κ1) is 18.7. The molecule has 0 spiro atoms. The molecule has 1 N–H and O–H groups in total. The molecule has 7 heteroatoms. The maximum Gasteiger partial charge on any atom is 0.357 e. The molecule has 1 heterocycles. The number of nitrogens with one attached hydrogen (secondary N) is 1. The second-order valence-electron chi connectivity index (χ2n) is 6.83. The molecule has 4 rings (SSSR count). The monoisotopic (exact) mass is 391 g/mol. The van der Waals surface area contributed by atoms with Gasteiger partial charge in [-0.1, -0.05) is 18.2 Å². The van der Waals surface area contributed by atoms with E-state index in [-0.39, 0.29) is 6.61 Å². The number of aromatic nitrogens is 2. The van der Waals surface area contributed by atoms with E-state index in [1.54, 1.807) is 42.1 Å². The molecular weight excluding hydrogens is 370 g/mol. The van der Waals surface area contributed by atoms with Crippen molar-refractivity contribution in [2.24, 2.45) is 0 Å². The number of hydrogen-bond acceptors (Lipinski definition) is 5. The molecule has 7 nitrogen and oxygen atoms in total. The molecule has 1 aromatic heterocycles. The van der Waals surface area contributed by atoms with Crippen molar-refractivity contribution in [1.82, 2.24) is 9.78 Å². The normalized spacial score (nSPS) is 13.0. The standard InChI is InChI=1S/C22H21N3O4/c1-28-18-11-9-16(10-12-18)23-21(26)14-29-22(27)20-13-19(15-7-8-15)24-25(20)17-5-3-2-4-6-17/h2-6,9-13,15H,7-8,14H2,1H3,(H,23,26). The van der Waals surface area contributed by atoms with Crippen LogP contribution in [0, 0.1) is 0 Å². The van der Waals surface area contributed by atoms with E-state index in [4.69, 9.17) is 9.47 Å². The summed E-state index contributed by atoms with van der Waals surface area (Å²) in [5, 5.41) is 7.26. The Morgan fingerprint density at radius 2 is 1.83 bits per heavy atom. The summed E-state index contributed by atoms with van der Waals surface area (Å²) in [6.45, 7) is -0.385. The van der Waals surface area contributed by atoms with Gasteiger partial charge in [0.1, 0.15) is 5.75 Å². The van der Waals surface area contributed by atoms with E-state index >= 15 is 0 Å². The van der Waals surface area contributed by atoms with Gasteiger partial charge in [-0.05, 0) is 55.3 Å². The van der Waals surface area contributed by atoms with E-state index in [9.17, 15) is 9.59 Å². The quantitative estimate of drug-likeness (QED) is 0.623. The highest BCUT2D eigenvalue weighted by Crippen LogP contribution is 2.39. The summed E-state index contributed by atoms with van der Waals surface area (Å²) in [6, 6.07) is 18.1. The van der Waals surface area contributed by atoms with Gasteiger partial charge < -0.3 is 14.8 Å². The number of carbonyl (C=O) groups is 2. The zero-order valence-corrected chi connectivity index (χ0v) is 16.0. The van der Waals surface area contributed by atoms with Gasteiger partial charge >= 0.3 is 5.97 Å². The molecule has 1 aliphatic carbocycles. The summed E-state index contributed by atoms with van der Waals surface area (Å²) < 4.78 is 11.9. The minimum absolute atomic E-state index is 0.315. The number of para-hydroxylation sites is 1. The maximum absolute atomic E-state index is 12.7. The predicted octanol–water partition coefficient (Wildman–Crippen LogP) is 3.55. The zero-order chi connectivity index (χ0) is 20.2. The molecule has 148 valence electrons. The molecule has 2 aromatic carbocycles. The SMILES string of the molecule is COc1ccc(NC(=O)COC(=O)c2cc(C3CC3)nn2-c2ccccc2)cc1. The van der Waals surface area contributed by atoms with Gasteiger partial charge in [-0.3, -0.25) is 4.79 Å². The molecule has 0 bridgehead atoms. The maximum atomic E-state index is 12.7. The van der Waals surface area contributed by atoms with Gasteiger partial charge in [0, 0.05) is 11.6 Å². The predicted molar refractivity (Wildman–Crippen MR) is 107 cm³/mol. The van der Waals surface area contributed by atoms with Crippen molar-refractivity contribution in [3.05, 3.63) is 72.1 Å². The van der Waals surface area contributed by atoms with Crippen LogP contribution in [0.1, 0.15) is 34.9 Å². The fourth-order valence-corrected chi connectivity index (χ4v) is 2.97. The average molecular weight is 391 g/mol. The Balaban J connectivity index is 1.43. The molecule has 0 radical (unpaired) electrons. The molecule has 0 aliphatic heterocycles. The topological polar surface area (TPSA) is 82.4 Å². The average Bonchev–Trinajstić information content (AvgIpc) is 3.51. The lowest BCUT2D eigenvalue weighted by Crippen LogP contribution is -2.22. The third kappa shape index (κ3) is 4.45. The van der Waals surface area contributed by atoms with Crippen LogP contribution in [0.5, 0.6) is 5.75 Å². The summed E-state index contributed by atoms with van der Waals surface area (Å²) in [5.74, 6) is 0.0785. The summed E-state index contributed by atoms with van der Waals surface area (Å²) in [6.07, 6.45) is 2.15. The van der Waals surface area contributed by atoms with Crippen molar-refractivity contribution in [2.45, 2.75) is 18.8 Å². The first-order chi connectivity index (χ1) is 14.1. The van der Waals surface area contributed by atoms with Gasteiger partial charge in [-0.25, -0.2) is 9.48 Å². The number of esters is 1. The fourth-order valence-electron chi connectivity index (χ4n) is 2.97. The van der Waals surface area contributed by atoms with Crippen molar-refractivity contribution in [3.8, 4) is 11.4 Å². The number of hydrogen-bond donors (Lipinski definition) is 1. The largest absolute Gasteiger partial charge is 0.497 e. The molecule has 1 aliphatic rings. The Morgan fingerprint density at radius 1 is 1.10 bits per heavy atom. The lowest BCUT2D eigenvalue weighted by atomic mass is 10.2. The van der Waals surface area contributed by atoms with Crippen molar-refractivity contribution in [3.63, 3.8) is 0 Å². The summed E-state index contributed by atoms with van der Waals surface area (Å²) in [5.41, 5.74) is 2.56. The highest BCUT2D eigenvalue weighted by molar-refractivity contribution is 5.95. The third-order valence-corrected chi connectivity index (χ3v) is 4.64. The van der Waals surface area contributed by atoms with Gasteiger partial charge in [0.15, 0.2) is 12.3 Å². The number of amides is 1. The van der Waals surface area contributed by atoms with Crippen molar-refractivity contribution in [2.75, 3.05) is 19.0 Å². The first-order valence-electron chi connectivity index (χ1n) is 9.40. The Morgan fingerprint density at radius 3 is 2.48 bits per heavy atom.